The van der Waals surface area contributed by atoms with Crippen LogP contribution in [0.4, 0.5) is 5.69 Å². The van der Waals surface area contributed by atoms with Crippen LogP contribution in [0.1, 0.15) is 25.3 Å². The van der Waals surface area contributed by atoms with Gasteiger partial charge in [-0.1, -0.05) is 31.2 Å². The Hall–Kier alpha value is -1.76. The molecule has 1 heterocycles. The third kappa shape index (κ3) is 6.03. The minimum atomic E-state index is -0.391. The standard InChI is InChI=1S/C18H27N3O3/c1-15-8-11-20(12-9-15)14-17(22)13-19-10-4-6-16-5-2-3-7-18(16)21(23)24/h2-7,15,17,19,22H,8-14H2,1H3/b6-4+. The van der Waals surface area contributed by atoms with E-state index in [2.05, 4.69) is 17.1 Å². The van der Waals surface area contributed by atoms with E-state index >= 15 is 0 Å². The minimum absolute atomic E-state index is 0.105. The summed E-state index contributed by atoms with van der Waals surface area (Å²) < 4.78 is 0. The summed E-state index contributed by atoms with van der Waals surface area (Å²) in [7, 11) is 0. The highest BCUT2D eigenvalue weighted by atomic mass is 16.6. The maximum absolute atomic E-state index is 10.9. The quantitative estimate of drug-likeness (QED) is 0.433. The molecule has 0 aromatic heterocycles. The summed E-state index contributed by atoms with van der Waals surface area (Å²) in [6.45, 7) is 6.20. The van der Waals surface area contributed by atoms with Crippen LogP contribution in [0.25, 0.3) is 6.08 Å². The molecule has 6 nitrogen and oxygen atoms in total. The zero-order valence-electron chi connectivity index (χ0n) is 14.2. The van der Waals surface area contributed by atoms with Gasteiger partial charge in [-0.3, -0.25) is 10.1 Å². The van der Waals surface area contributed by atoms with Crippen LogP contribution in [0.3, 0.4) is 0 Å². The van der Waals surface area contributed by atoms with Crippen LogP contribution in [-0.4, -0.2) is 53.8 Å². The topological polar surface area (TPSA) is 78.6 Å². The zero-order chi connectivity index (χ0) is 17.4. The summed E-state index contributed by atoms with van der Waals surface area (Å²) in [5, 5.41) is 24.2. The summed E-state index contributed by atoms with van der Waals surface area (Å²) in [6, 6.07) is 6.66. The van der Waals surface area contributed by atoms with Crippen LogP contribution in [-0.2, 0) is 0 Å². The molecule has 1 atom stereocenters. The Kier molecular flexibility index (Phi) is 7.36. The second-order valence-electron chi connectivity index (χ2n) is 6.51. The van der Waals surface area contributed by atoms with Gasteiger partial charge in [0.15, 0.2) is 0 Å². The molecule has 0 amide bonds. The molecule has 1 aliphatic rings. The fraction of sp³-hybridized carbons (Fsp3) is 0.556. The van der Waals surface area contributed by atoms with Gasteiger partial charge in [0.25, 0.3) is 5.69 Å². The number of benzene rings is 1. The number of para-hydroxylation sites is 1. The van der Waals surface area contributed by atoms with Crippen LogP contribution in [0.5, 0.6) is 0 Å². The molecule has 1 aromatic carbocycles. The summed E-state index contributed by atoms with van der Waals surface area (Å²) in [4.78, 5) is 12.9. The lowest BCUT2D eigenvalue weighted by Crippen LogP contribution is -2.41. The van der Waals surface area contributed by atoms with Crippen molar-refractivity contribution in [1.29, 1.82) is 0 Å². The molecule has 1 aromatic rings. The van der Waals surface area contributed by atoms with Crippen molar-refractivity contribution < 1.29 is 10.0 Å². The lowest BCUT2D eigenvalue weighted by Gasteiger charge is -2.31. The van der Waals surface area contributed by atoms with E-state index < -0.39 is 6.10 Å². The maximum atomic E-state index is 10.9. The van der Waals surface area contributed by atoms with Crippen molar-refractivity contribution in [2.24, 2.45) is 5.92 Å². The number of aliphatic hydroxyl groups is 1. The Morgan fingerprint density at radius 2 is 2.12 bits per heavy atom. The number of nitro groups is 1. The summed E-state index contributed by atoms with van der Waals surface area (Å²) in [6.07, 6.45) is 5.61. The third-order valence-corrected chi connectivity index (χ3v) is 4.42. The number of nitro benzene ring substituents is 1. The van der Waals surface area contributed by atoms with Gasteiger partial charge < -0.3 is 15.3 Å². The van der Waals surface area contributed by atoms with E-state index in [1.54, 1.807) is 24.3 Å². The molecule has 1 aliphatic heterocycles. The molecule has 0 spiro atoms. The van der Waals surface area contributed by atoms with E-state index in [0.717, 1.165) is 19.0 Å². The van der Waals surface area contributed by atoms with Crippen LogP contribution in [0.15, 0.2) is 30.3 Å². The minimum Gasteiger partial charge on any atom is -0.390 e. The van der Waals surface area contributed by atoms with Gasteiger partial charge >= 0.3 is 0 Å². The van der Waals surface area contributed by atoms with Gasteiger partial charge in [0.2, 0.25) is 0 Å². The first-order chi connectivity index (χ1) is 11.6. The van der Waals surface area contributed by atoms with E-state index in [1.165, 1.54) is 18.9 Å². The average Bonchev–Trinajstić information content (AvgIpc) is 2.57. The number of nitrogens with zero attached hydrogens (tertiary/aromatic N) is 2. The van der Waals surface area contributed by atoms with Crippen molar-refractivity contribution >= 4 is 11.8 Å². The fourth-order valence-corrected chi connectivity index (χ4v) is 2.92. The SMILES string of the molecule is CC1CCN(CC(O)CNC/C=C/c2ccccc2[N+](=O)[O-])CC1. The van der Waals surface area contributed by atoms with Crippen molar-refractivity contribution in [3.8, 4) is 0 Å². The van der Waals surface area contributed by atoms with E-state index in [9.17, 15) is 15.2 Å². The predicted octanol–water partition coefficient (Wildman–Crippen LogP) is 2.29. The smallest absolute Gasteiger partial charge is 0.276 e. The summed E-state index contributed by atoms with van der Waals surface area (Å²) >= 11 is 0. The maximum Gasteiger partial charge on any atom is 0.276 e. The number of hydrogen-bond donors (Lipinski definition) is 2. The van der Waals surface area contributed by atoms with Crippen LogP contribution >= 0.6 is 0 Å². The Balaban J connectivity index is 1.68. The molecular weight excluding hydrogens is 306 g/mol. The van der Waals surface area contributed by atoms with E-state index in [1.807, 2.05) is 6.08 Å². The number of rotatable bonds is 8. The molecule has 1 unspecified atom stereocenters. The lowest BCUT2D eigenvalue weighted by atomic mass is 9.99. The molecule has 1 fully saturated rings. The van der Waals surface area contributed by atoms with E-state index in [-0.39, 0.29) is 10.6 Å². The number of β-amino-alcohol motifs (C(OH)–C–C–N with tert-alkyl or cyclic N) is 1. The molecule has 0 aliphatic carbocycles. The number of aliphatic hydroxyl groups excluding tert-OH is 1. The first-order valence-corrected chi connectivity index (χ1v) is 8.57. The molecule has 0 saturated carbocycles. The number of hydrogen-bond acceptors (Lipinski definition) is 5. The molecule has 6 heteroatoms. The van der Waals surface area contributed by atoms with Gasteiger partial charge in [-0.25, -0.2) is 0 Å². The van der Waals surface area contributed by atoms with Crippen molar-refractivity contribution in [2.75, 3.05) is 32.7 Å². The average molecular weight is 333 g/mol. The molecule has 2 rings (SSSR count). The van der Waals surface area contributed by atoms with Crippen molar-refractivity contribution in [3.05, 3.63) is 46.0 Å². The van der Waals surface area contributed by atoms with Gasteiger partial charge in [-0.2, -0.15) is 0 Å². The largest absolute Gasteiger partial charge is 0.390 e. The van der Waals surface area contributed by atoms with Gasteiger partial charge in [0, 0.05) is 25.7 Å². The van der Waals surface area contributed by atoms with Crippen LogP contribution in [0.2, 0.25) is 0 Å². The monoisotopic (exact) mass is 333 g/mol. The normalized spacial score (nSPS) is 18.1. The third-order valence-electron chi connectivity index (χ3n) is 4.42. The summed E-state index contributed by atoms with van der Waals surface area (Å²) in [5.41, 5.74) is 0.695. The van der Waals surface area contributed by atoms with E-state index in [4.69, 9.17) is 0 Å². The lowest BCUT2D eigenvalue weighted by molar-refractivity contribution is -0.385. The Labute approximate surface area is 143 Å². The van der Waals surface area contributed by atoms with Crippen molar-refractivity contribution in [2.45, 2.75) is 25.9 Å². The molecule has 24 heavy (non-hydrogen) atoms. The summed E-state index contributed by atoms with van der Waals surface area (Å²) in [5.74, 6) is 0.795. The van der Waals surface area contributed by atoms with E-state index in [0.29, 0.717) is 25.2 Å². The van der Waals surface area contributed by atoms with Gasteiger partial charge in [0.1, 0.15) is 0 Å². The zero-order valence-corrected chi connectivity index (χ0v) is 14.2. The highest BCUT2D eigenvalue weighted by Gasteiger charge is 2.17. The van der Waals surface area contributed by atoms with Gasteiger partial charge in [0.05, 0.1) is 16.6 Å². The second kappa shape index (κ2) is 9.52. The predicted molar refractivity (Wildman–Crippen MR) is 95.8 cm³/mol. The number of nitrogens with one attached hydrogen (secondary N) is 1. The Morgan fingerprint density at radius 1 is 1.42 bits per heavy atom. The molecule has 132 valence electrons. The highest BCUT2D eigenvalue weighted by molar-refractivity contribution is 5.60. The number of likely N-dealkylation sites (tertiary alicyclic amines) is 1. The highest BCUT2D eigenvalue weighted by Crippen LogP contribution is 2.18. The van der Waals surface area contributed by atoms with Crippen LogP contribution in [0, 0.1) is 16.0 Å². The second-order valence-corrected chi connectivity index (χ2v) is 6.51. The molecule has 0 bridgehead atoms. The van der Waals surface area contributed by atoms with Crippen molar-refractivity contribution in [1.82, 2.24) is 10.2 Å². The van der Waals surface area contributed by atoms with Crippen molar-refractivity contribution in [3.63, 3.8) is 0 Å². The van der Waals surface area contributed by atoms with Gasteiger partial charge in [-0.05, 0) is 37.9 Å². The first-order valence-electron chi connectivity index (χ1n) is 8.57. The first kappa shape index (κ1) is 18.6. The molecular formula is C18H27N3O3. The fourth-order valence-electron chi connectivity index (χ4n) is 2.92. The molecule has 0 radical (unpaired) electrons. The number of piperidine rings is 1. The Morgan fingerprint density at radius 3 is 2.83 bits per heavy atom. The molecule has 1 saturated heterocycles. The molecule has 2 N–H and O–H groups in total. The van der Waals surface area contributed by atoms with Crippen LogP contribution < -0.4 is 5.32 Å². The van der Waals surface area contributed by atoms with Gasteiger partial charge in [-0.15, -0.1) is 0 Å². The Bertz CT molecular complexity index is 554.